The van der Waals surface area contributed by atoms with Crippen molar-refractivity contribution in [2.45, 2.75) is 37.6 Å². The van der Waals surface area contributed by atoms with Crippen molar-refractivity contribution in [3.05, 3.63) is 70.4 Å². The van der Waals surface area contributed by atoms with E-state index >= 15 is 4.39 Å². The van der Waals surface area contributed by atoms with Gasteiger partial charge in [0.1, 0.15) is 5.82 Å². The minimum Gasteiger partial charge on any atom is -0.385 e. The molecule has 0 aliphatic carbocycles. The summed E-state index contributed by atoms with van der Waals surface area (Å²) in [4.78, 5) is 27.3. The quantitative estimate of drug-likeness (QED) is 0.211. The molecule has 1 aromatic heterocycles. The third-order valence-corrected chi connectivity index (χ3v) is 8.93. The number of halogens is 1. The van der Waals surface area contributed by atoms with Gasteiger partial charge in [0, 0.05) is 56.8 Å². The average Bonchev–Trinajstić information content (AvgIpc) is 2.87. The Morgan fingerprint density at radius 2 is 1.95 bits per heavy atom. The molecule has 3 aromatic rings. The molecule has 1 amide bonds. The summed E-state index contributed by atoms with van der Waals surface area (Å²) in [5, 5.41) is 8.09. The van der Waals surface area contributed by atoms with Gasteiger partial charge < -0.3 is 19.4 Å². The lowest BCUT2D eigenvalue weighted by Gasteiger charge is -2.24. The molecule has 0 bridgehead atoms. The number of ether oxygens (including phenoxy) is 1. The fourth-order valence-electron chi connectivity index (χ4n) is 4.33. The summed E-state index contributed by atoms with van der Waals surface area (Å²) in [5.74, 6) is -1.31. The van der Waals surface area contributed by atoms with Gasteiger partial charge in [-0.15, -0.1) is 5.48 Å². The normalized spacial score (nSPS) is 13.6. The van der Waals surface area contributed by atoms with Crippen molar-refractivity contribution in [2.75, 3.05) is 33.6 Å². The molecule has 206 valence electrons. The SMILES string of the molecule is COCCCN(C)Cc1ccc(-c2ccc3c(=O)n(CC[C@](C)(C(=O)N[OH2+])S(C)(=O)=O)ccc3c2)c(F)c1. The Balaban J connectivity index is 1.82. The van der Waals surface area contributed by atoms with Gasteiger partial charge in [0.25, 0.3) is 5.56 Å². The Morgan fingerprint density at radius 3 is 2.58 bits per heavy atom. The molecule has 9 nitrogen and oxygen atoms in total. The number of hydrogen-bond acceptors (Lipinski definition) is 6. The molecule has 38 heavy (non-hydrogen) atoms. The predicted octanol–water partition coefficient (Wildman–Crippen LogP) is 2.23. The highest BCUT2D eigenvalue weighted by molar-refractivity contribution is 7.92. The number of aryl methyl sites for hydroxylation is 1. The summed E-state index contributed by atoms with van der Waals surface area (Å²) >= 11 is 0. The second-order valence-electron chi connectivity index (χ2n) is 9.72. The number of hydrogen-bond donors (Lipinski definition) is 1. The Kier molecular flexibility index (Phi) is 9.42. The summed E-state index contributed by atoms with van der Waals surface area (Å²) in [7, 11) is -0.209. The van der Waals surface area contributed by atoms with E-state index < -0.39 is 20.5 Å². The van der Waals surface area contributed by atoms with E-state index in [0.717, 1.165) is 24.8 Å². The lowest BCUT2D eigenvalue weighted by Crippen LogP contribution is -2.49. The van der Waals surface area contributed by atoms with Crippen molar-refractivity contribution < 1.29 is 27.5 Å². The van der Waals surface area contributed by atoms with Crippen LogP contribution >= 0.6 is 0 Å². The van der Waals surface area contributed by atoms with Crippen LogP contribution in [0, 0.1) is 5.82 Å². The Morgan fingerprint density at radius 1 is 1.21 bits per heavy atom. The highest BCUT2D eigenvalue weighted by Gasteiger charge is 2.44. The number of pyridine rings is 1. The number of nitrogens with zero attached hydrogens (tertiary/aromatic N) is 2. The van der Waals surface area contributed by atoms with E-state index in [9.17, 15) is 18.0 Å². The van der Waals surface area contributed by atoms with Gasteiger partial charge in [-0.2, -0.15) is 0 Å². The van der Waals surface area contributed by atoms with E-state index in [1.807, 2.05) is 13.1 Å². The Hall–Kier alpha value is -3.12. The molecule has 1 atom stereocenters. The predicted molar refractivity (Wildman–Crippen MR) is 146 cm³/mol. The molecule has 1 heterocycles. The number of rotatable bonds is 12. The molecule has 0 fully saturated rings. The van der Waals surface area contributed by atoms with Crippen molar-refractivity contribution in [2.24, 2.45) is 0 Å². The van der Waals surface area contributed by atoms with E-state index in [2.05, 4.69) is 4.90 Å². The molecule has 2 aromatic carbocycles. The number of nitrogens with one attached hydrogen (secondary N) is 1. The Bertz CT molecular complexity index is 1470. The number of methoxy groups -OCH3 is 1. The molecule has 0 unspecified atom stereocenters. The van der Waals surface area contributed by atoms with Crippen LogP contribution < -0.4 is 11.0 Å². The second kappa shape index (κ2) is 12.2. The van der Waals surface area contributed by atoms with Crippen LogP contribution in [0.4, 0.5) is 4.39 Å². The third kappa shape index (κ3) is 6.47. The van der Waals surface area contributed by atoms with E-state index in [0.29, 0.717) is 35.1 Å². The van der Waals surface area contributed by atoms with Crippen molar-refractivity contribution in [1.82, 2.24) is 14.9 Å². The molecular formula is C27H35FN3O6S+. The number of benzene rings is 2. The first-order chi connectivity index (χ1) is 17.9. The molecule has 0 aliphatic heterocycles. The van der Waals surface area contributed by atoms with Crippen LogP contribution in [0.5, 0.6) is 0 Å². The zero-order valence-corrected chi connectivity index (χ0v) is 22.9. The van der Waals surface area contributed by atoms with Crippen molar-refractivity contribution in [3.8, 4) is 11.1 Å². The van der Waals surface area contributed by atoms with Crippen molar-refractivity contribution >= 4 is 26.5 Å². The summed E-state index contributed by atoms with van der Waals surface area (Å²) in [6.45, 7) is 3.32. The molecule has 11 heteroatoms. The van der Waals surface area contributed by atoms with Crippen molar-refractivity contribution in [1.29, 1.82) is 0 Å². The molecule has 0 saturated carbocycles. The summed E-state index contributed by atoms with van der Waals surface area (Å²) in [6.07, 6.45) is 3.16. The van der Waals surface area contributed by atoms with Gasteiger partial charge in [-0.3, -0.25) is 9.59 Å². The lowest BCUT2D eigenvalue weighted by molar-refractivity contribution is -0.131. The highest BCUT2D eigenvalue weighted by atomic mass is 32.2. The van der Waals surface area contributed by atoms with E-state index in [1.165, 1.54) is 23.8 Å². The molecule has 3 N–H and O–H groups in total. The maximum Gasteiger partial charge on any atom is 0.304 e. The van der Waals surface area contributed by atoms with E-state index in [4.69, 9.17) is 9.94 Å². The van der Waals surface area contributed by atoms with Gasteiger partial charge in [-0.25, -0.2) is 12.8 Å². The Labute approximate surface area is 221 Å². The molecule has 3 rings (SSSR count). The first-order valence-corrected chi connectivity index (χ1v) is 14.1. The second-order valence-corrected chi connectivity index (χ2v) is 12.2. The molecular weight excluding hydrogens is 513 g/mol. The maximum atomic E-state index is 15.0. The minimum absolute atomic E-state index is 0.0382. The number of sulfone groups is 1. The van der Waals surface area contributed by atoms with Crippen LogP contribution in [0.3, 0.4) is 0 Å². The van der Waals surface area contributed by atoms with Crippen LogP contribution in [0.25, 0.3) is 21.9 Å². The number of carbonyl (C=O) groups is 1. The number of hydroxylamine groups is 1. The largest absolute Gasteiger partial charge is 0.385 e. The fraction of sp³-hybridized carbons (Fsp3) is 0.407. The van der Waals surface area contributed by atoms with E-state index in [1.54, 1.807) is 42.9 Å². The van der Waals surface area contributed by atoms with Gasteiger partial charge >= 0.3 is 5.91 Å². The lowest BCUT2D eigenvalue weighted by atomic mass is 10.00. The van der Waals surface area contributed by atoms with Crippen LogP contribution in [-0.2, 0) is 32.5 Å². The molecule has 0 aliphatic rings. The molecule has 0 saturated heterocycles. The van der Waals surface area contributed by atoms with Crippen LogP contribution in [0.1, 0.15) is 25.3 Å². The third-order valence-electron chi connectivity index (χ3n) is 6.90. The van der Waals surface area contributed by atoms with Crippen LogP contribution in [-0.4, -0.2) is 67.3 Å². The zero-order valence-electron chi connectivity index (χ0n) is 22.1. The number of aromatic nitrogens is 1. The van der Waals surface area contributed by atoms with E-state index in [-0.39, 0.29) is 24.3 Å². The fourth-order valence-corrected chi connectivity index (χ4v) is 5.18. The summed E-state index contributed by atoms with van der Waals surface area (Å²) < 4.78 is 44.1. The van der Waals surface area contributed by atoms with Gasteiger partial charge in [-0.05, 0) is 67.6 Å². The average molecular weight is 549 g/mol. The highest BCUT2D eigenvalue weighted by Crippen LogP contribution is 2.27. The first kappa shape index (κ1) is 29.4. The van der Waals surface area contributed by atoms with Crippen LogP contribution in [0.2, 0.25) is 0 Å². The first-order valence-electron chi connectivity index (χ1n) is 12.2. The van der Waals surface area contributed by atoms with Crippen molar-refractivity contribution in [3.63, 3.8) is 0 Å². The van der Waals surface area contributed by atoms with Gasteiger partial charge in [0.2, 0.25) is 0 Å². The monoisotopic (exact) mass is 548 g/mol. The topological polar surface area (TPSA) is 121 Å². The number of carbonyl (C=O) groups excluding carboxylic acids is 1. The zero-order chi connectivity index (χ0) is 28.1. The van der Waals surface area contributed by atoms with Gasteiger partial charge in [0.15, 0.2) is 14.6 Å². The maximum absolute atomic E-state index is 15.0. The molecule has 0 radical (unpaired) electrons. The smallest absolute Gasteiger partial charge is 0.304 e. The standard InChI is InChI=1S/C27H34FN3O6S/c1-27(26(33)29-34,38(4,35)36)11-14-31-13-10-21-17-20(7-9-23(21)25(31)32)22-8-6-19(16-24(22)28)18-30(2)12-5-15-37-3/h6-10,13,16-17,34H,5,11-12,14-15,18H2,1-4H3,(H,29,33)/p+1/t27-/m1/s1. The van der Waals surface area contributed by atoms with Gasteiger partial charge in [0.05, 0.1) is 0 Å². The number of fused-ring (bicyclic) bond motifs is 1. The molecule has 0 spiro atoms. The summed E-state index contributed by atoms with van der Waals surface area (Å²) in [6, 6.07) is 11.9. The number of amides is 1. The summed E-state index contributed by atoms with van der Waals surface area (Å²) in [5.41, 5.74) is 3.20. The van der Waals surface area contributed by atoms with Gasteiger partial charge in [-0.1, -0.05) is 18.2 Å². The van der Waals surface area contributed by atoms with Crippen LogP contribution in [0.15, 0.2) is 53.5 Å². The minimum atomic E-state index is -3.85.